The summed E-state index contributed by atoms with van der Waals surface area (Å²) in [4.78, 5) is 0. The summed E-state index contributed by atoms with van der Waals surface area (Å²) in [5, 5.41) is 4.81. The Kier molecular flexibility index (Phi) is 3.54. The number of ether oxygens (including phenoxy) is 1. The molecule has 1 N–H and O–H groups in total. The molecule has 3 nitrogen and oxygen atoms in total. The van der Waals surface area contributed by atoms with E-state index in [-0.39, 0.29) is 0 Å². The van der Waals surface area contributed by atoms with Gasteiger partial charge in [-0.25, -0.2) is 0 Å². The topological polar surface area (TPSA) is 26.2 Å². The van der Waals surface area contributed by atoms with E-state index in [1.807, 2.05) is 13.0 Å². The maximum absolute atomic E-state index is 5.60. The number of hydrogen-bond donors (Lipinski definition) is 1. The molecule has 0 radical (unpaired) electrons. The number of benzene rings is 1. The highest BCUT2D eigenvalue weighted by molar-refractivity contribution is 9.10. The Labute approximate surface area is 122 Å². The van der Waals surface area contributed by atoms with Crippen molar-refractivity contribution in [3.63, 3.8) is 0 Å². The summed E-state index contributed by atoms with van der Waals surface area (Å²) in [5.41, 5.74) is 2.60. The predicted molar refractivity (Wildman–Crippen MR) is 81.8 cm³/mol. The summed E-state index contributed by atoms with van der Waals surface area (Å²) in [7, 11) is 2.14. The first-order valence-corrected chi connectivity index (χ1v) is 7.65. The Morgan fingerprint density at radius 1 is 1.47 bits per heavy atom. The quantitative estimate of drug-likeness (QED) is 0.931. The van der Waals surface area contributed by atoms with Crippen molar-refractivity contribution in [3.8, 4) is 5.75 Å². The second-order valence-electron chi connectivity index (χ2n) is 5.02. The van der Waals surface area contributed by atoms with Crippen LogP contribution in [0.4, 0.5) is 0 Å². The number of aromatic nitrogens is 1. The van der Waals surface area contributed by atoms with Gasteiger partial charge in [-0.05, 0) is 60.4 Å². The Bertz CT molecular complexity index is 600. The van der Waals surface area contributed by atoms with E-state index < -0.39 is 0 Å². The van der Waals surface area contributed by atoms with Crippen LogP contribution >= 0.6 is 15.9 Å². The molecule has 2 aromatic rings. The maximum Gasteiger partial charge on any atom is 0.120 e. The molecule has 0 spiro atoms. The van der Waals surface area contributed by atoms with Gasteiger partial charge < -0.3 is 14.6 Å². The molecule has 0 amide bonds. The minimum atomic E-state index is 0.460. The van der Waals surface area contributed by atoms with E-state index in [9.17, 15) is 0 Å². The minimum Gasteiger partial charge on any atom is -0.494 e. The summed E-state index contributed by atoms with van der Waals surface area (Å²) in [5.74, 6) is 0.937. The van der Waals surface area contributed by atoms with E-state index in [0.717, 1.165) is 12.3 Å². The molecular weight excluding hydrogens is 304 g/mol. The average Bonchev–Trinajstić information content (AvgIpc) is 2.99. The normalized spacial score (nSPS) is 19.2. The largest absolute Gasteiger partial charge is 0.494 e. The molecule has 1 aliphatic heterocycles. The zero-order valence-corrected chi connectivity index (χ0v) is 13.0. The Morgan fingerprint density at radius 2 is 2.32 bits per heavy atom. The minimum absolute atomic E-state index is 0.460. The van der Waals surface area contributed by atoms with Gasteiger partial charge in [0.1, 0.15) is 5.75 Å². The monoisotopic (exact) mass is 322 g/mol. The van der Waals surface area contributed by atoms with Crippen LogP contribution in [-0.4, -0.2) is 17.7 Å². The van der Waals surface area contributed by atoms with Crippen LogP contribution < -0.4 is 10.1 Å². The molecule has 2 heterocycles. The van der Waals surface area contributed by atoms with Crippen molar-refractivity contribution in [2.75, 3.05) is 13.2 Å². The zero-order valence-electron chi connectivity index (χ0n) is 11.4. The van der Waals surface area contributed by atoms with E-state index in [4.69, 9.17) is 4.74 Å². The third kappa shape index (κ3) is 2.17. The molecule has 1 aromatic carbocycles. The van der Waals surface area contributed by atoms with E-state index in [1.54, 1.807) is 0 Å². The van der Waals surface area contributed by atoms with Crippen LogP contribution in [0, 0.1) is 0 Å². The number of aryl methyl sites for hydroxylation is 1. The predicted octanol–water partition coefficient (Wildman–Crippen LogP) is 3.76. The van der Waals surface area contributed by atoms with Crippen molar-refractivity contribution in [1.82, 2.24) is 9.88 Å². The summed E-state index contributed by atoms with van der Waals surface area (Å²) < 4.78 is 9.09. The molecule has 1 unspecified atom stereocenters. The van der Waals surface area contributed by atoms with Crippen molar-refractivity contribution in [2.24, 2.45) is 7.05 Å². The maximum atomic E-state index is 5.60. The summed E-state index contributed by atoms with van der Waals surface area (Å²) in [6.45, 7) is 3.83. The van der Waals surface area contributed by atoms with E-state index in [1.165, 1.54) is 33.9 Å². The fourth-order valence-electron chi connectivity index (χ4n) is 2.96. The van der Waals surface area contributed by atoms with Gasteiger partial charge in [-0.3, -0.25) is 0 Å². The average molecular weight is 323 g/mol. The molecule has 0 bridgehead atoms. The SMILES string of the molecule is CCOc1ccc2c(c1)c(Br)c(C1CCCN1)n2C. The second kappa shape index (κ2) is 5.17. The van der Waals surface area contributed by atoms with Crippen molar-refractivity contribution >= 4 is 26.8 Å². The fraction of sp³-hybridized carbons (Fsp3) is 0.467. The molecule has 0 saturated carbocycles. The lowest BCUT2D eigenvalue weighted by atomic mass is 10.1. The molecule has 19 heavy (non-hydrogen) atoms. The molecule has 1 fully saturated rings. The first-order chi connectivity index (χ1) is 9.22. The van der Waals surface area contributed by atoms with Crippen LogP contribution in [0.5, 0.6) is 5.75 Å². The van der Waals surface area contributed by atoms with Crippen LogP contribution in [0.25, 0.3) is 10.9 Å². The smallest absolute Gasteiger partial charge is 0.120 e. The molecule has 4 heteroatoms. The fourth-order valence-corrected chi connectivity index (χ4v) is 3.82. The highest BCUT2D eigenvalue weighted by Crippen LogP contribution is 2.38. The first kappa shape index (κ1) is 13.0. The summed E-state index contributed by atoms with van der Waals surface area (Å²) in [6, 6.07) is 6.78. The number of rotatable bonds is 3. The van der Waals surface area contributed by atoms with Crippen LogP contribution in [0.1, 0.15) is 31.5 Å². The molecule has 1 aromatic heterocycles. The summed E-state index contributed by atoms with van der Waals surface area (Å²) >= 11 is 3.78. The molecule has 102 valence electrons. The van der Waals surface area contributed by atoms with Crippen LogP contribution in [0.15, 0.2) is 22.7 Å². The van der Waals surface area contributed by atoms with Gasteiger partial charge in [0.05, 0.1) is 6.61 Å². The van der Waals surface area contributed by atoms with Gasteiger partial charge in [0, 0.05) is 34.2 Å². The molecule has 1 aliphatic rings. The lowest BCUT2D eigenvalue weighted by Gasteiger charge is -2.12. The Morgan fingerprint density at radius 3 is 3.00 bits per heavy atom. The van der Waals surface area contributed by atoms with Gasteiger partial charge in [-0.1, -0.05) is 0 Å². The standard InChI is InChI=1S/C15H19BrN2O/c1-3-19-10-6-7-13-11(9-10)14(16)15(18(13)2)12-5-4-8-17-12/h6-7,9,12,17H,3-5,8H2,1-2H3. The Balaban J connectivity index is 2.12. The van der Waals surface area contributed by atoms with Gasteiger partial charge in [-0.15, -0.1) is 0 Å². The Hall–Kier alpha value is -1.00. The number of fused-ring (bicyclic) bond motifs is 1. The van der Waals surface area contributed by atoms with Crippen molar-refractivity contribution < 1.29 is 4.74 Å². The number of nitrogens with zero attached hydrogens (tertiary/aromatic N) is 1. The van der Waals surface area contributed by atoms with E-state index >= 15 is 0 Å². The van der Waals surface area contributed by atoms with Gasteiger partial charge in [0.15, 0.2) is 0 Å². The molecule has 1 saturated heterocycles. The number of nitrogens with one attached hydrogen (secondary N) is 1. The van der Waals surface area contributed by atoms with Crippen molar-refractivity contribution in [2.45, 2.75) is 25.8 Å². The van der Waals surface area contributed by atoms with Gasteiger partial charge >= 0.3 is 0 Å². The van der Waals surface area contributed by atoms with Crippen molar-refractivity contribution in [3.05, 3.63) is 28.4 Å². The highest BCUT2D eigenvalue weighted by atomic mass is 79.9. The lowest BCUT2D eigenvalue weighted by Crippen LogP contribution is -2.16. The molecule has 0 aliphatic carbocycles. The molecular formula is C15H19BrN2O. The number of hydrogen-bond acceptors (Lipinski definition) is 2. The van der Waals surface area contributed by atoms with E-state index in [0.29, 0.717) is 12.6 Å². The highest BCUT2D eigenvalue weighted by Gasteiger charge is 2.24. The van der Waals surface area contributed by atoms with Gasteiger partial charge in [-0.2, -0.15) is 0 Å². The van der Waals surface area contributed by atoms with E-state index in [2.05, 4.69) is 45.0 Å². The number of halogens is 1. The van der Waals surface area contributed by atoms with Crippen LogP contribution in [0.3, 0.4) is 0 Å². The van der Waals surface area contributed by atoms with Gasteiger partial charge in [0.2, 0.25) is 0 Å². The third-order valence-electron chi connectivity index (χ3n) is 3.85. The first-order valence-electron chi connectivity index (χ1n) is 6.86. The van der Waals surface area contributed by atoms with Gasteiger partial charge in [0.25, 0.3) is 0 Å². The third-order valence-corrected chi connectivity index (χ3v) is 4.69. The van der Waals surface area contributed by atoms with Crippen molar-refractivity contribution in [1.29, 1.82) is 0 Å². The van der Waals surface area contributed by atoms with Crippen LogP contribution in [-0.2, 0) is 7.05 Å². The summed E-state index contributed by atoms with van der Waals surface area (Å²) in [6.07, 6.45) is 2.46. The van der Waals surface area contributed by atoms with Crippen LogP contribution in [0.2, 0.25) is 0 Å². The molecule has 3 rings (SSSR count). The second-order valence-corrected chi connectivity index (χ2v) is 5.81. The zero-order chi connectivity index (χ0) is 13.4. The lowest BCUT2D eigenvalue weighted by molar-refractivity contribution is 0.340. The molecule has 1 atom stereocenters.